The van der Waals surface area contributed by atoms with Crippen LogP contribution in [0.1, 0.15) is 12.1 Å². The van der Waals surface area contributed by atoms with Gasteiger partial charge in [0.1, 0.15) is 5.82 Å². The van der Waals surface area contributed by atoms with Gasteiger partial charge >= 0.3 is 0 Å². The Bertz CT molecular complexity index is 403. The number of nitrogens with zero attached hydrogens (tertiary/aromatic N) is 3. The number of anilines is 1. The first-order chi connectivity index (χ1) is 8.19. The van der Waals surface area contributed by atoms with Crippen molar-refractivity contribution in [3.63, 3.8) is 0 Å². The van der Waals surface area contributed by atoms with Crippen LogP contribution >= 0.6 is 15.9 Å². The van der Waals surface area contributed by atoms with E-state index in [4.69, 9.17) is 10.00 Å². The van der Waals surface area contributed by atoms with E-state index in [0.717, 1.165) is 22.5 Å². The second-order valence-corrected chi connectivity index (χ2v) is 4.48. The minimum atomic E-state index is 0.487. The highest BCUT2D eigenvalue weighted by molar-refractivity contribution is 9.10. The largest absolute Gasteiger partial charge is 0.383 e. The molecule has 92 valence electrons. The minimum absolute atomic E-state index is 0.487. The maximum atomic E-state index is 8.65. The molecule has 17 heavy (non-hydrogen) atoms. The molecule has 1 heterocycles. The number of aryl methyl sites for hydroxylation is 1. The van der Waals surface area contributed by atoms with Crippen LogP contribution in [-0.4, -0.2) is 31.8 Å². The zero-order valence-electron chi connectivity index (χ0n) is 10.1. The van der Waals surface area contributed by atoms with Crippen LogP contribution in [0.25, 0.3) is 0 Å². The maximum absolute atomic E-state index is 8.65. The van der Waals surface area contributed by atoms with Crippen molar-refractivity contribution in [1.82, 2.24) is 4.98 Å². The molecule has 0 aliphatic heterocycles. The summed E-state index contributed by atoms with van der Waals surface area (Å²) >= 11 is 3.43. The summed E-state index contributed by atoms with van der Waals surface area (Å²) in [5, 5.41) is 8.65. The highest BCUT2D eigenvalue weighted by atomic mass is 79.9. The molecule has 0 aliphatic carbocycles. The van der Waals surface area contributed by atoms with Crippen LogP contribution in [0, 0.1) is 18.3 Å². The third-order valence-electron chi connectivity index (χ3n) is 2.39. The van der Waals surface area contributed by atoms with Gasteiger partial charge in [0, 0.05) is 24.7 Å². The van der Waals surface area contributed by atoms with E-state index >= 15 is 0 Å². The van der Waals surface area contributed by atoms with Crippen molar-refractivity contribution in [2.75, 3.05) is 31.7 Å². The number of hydrogen-bond acceptors (Lipinski definition) is 4. The topological polar surface area (TPSA) is 49.1 Å². The number of pyridine rings is 1. The smallest absolute Gasteiger partial charge is 0.128 e. The molecule has 0 aromatic carbocycles. The van der Waals surface area contributed by atoms with Crippen LogP contribution in [0.4, 0.5) is 5.82 Å². The van der Waals surface area contributed by atoms with Crippen molar-refractivity contribution >= 4 is 21.7 Å². The molecule has 5 heteroatoms. The number of rotatable bonds is 6. The fourth-order valence-corrected chi connectivity index (χ4v) is 1.66. The summed E-state index contributed by atoms with van der Waals surface area (Å²) in [4.78, 5) is 6.55. The van der Waals surface area contributed by atoms with Crippen molar-refractivity contribution in [2.45, 2.75) is 13.3 Å². The lowest BCUT2D eigenvalue weighted by Gasteiger charge is -2.22. The molecule has 0 bridgehead atoms. The monoisotopic (exact) mass is 297 g/mol. The van der Waals surface area contributed by atoms with Gasteiger partial charge in [-0.25, -0.2) is 4.98 Å². The number of nitriles is 1. The Hall–Kier alpha value is -1.12. The molecule has 1 aromatic heterocycles. The van der Waals surface area contributed by atoms with Crippen LogP contribution in [0.2, 0.25) is 0 Å². The summed E-state index contributed by atoms with van der Waals surface area (Å²) in [7, 11) is 1.67. The van der Waals surface area contributed by atoms with Gasteiger partial charge in [-0.1, -0.05) is 0 Å². The van der Waals surface area contributed by atoms with Gasteiger partial charge in [0.2, 0.25) is 0 Å². The van der Waals surface area contributed by atoms with Crippen molar-refractivity contribution in [2.24, 2.45) is 0 Å². The summed E-state index contributed by atoms with van der Waals surface area (Å²) in [6.45, 7) is 3.99. The molecule has 0 aliphatic rings. The van der Waals surface area contributed by atoms with Crippen molar-refractivity contribution in [1.29, 1.82) is 5.26 Å². The van der Waals surface area contributed by atoms with E-state index in [0.29, 0.717) is 19.6 Å². The first kappa shape index (κ1) is 13.9. The Morgan fingerprint density at radius 2 is 2.24 bits per heavy atom. The number of halogens is 1. The predicted octanol–water partition coefficient (Wildman–Crippen LogP) is 2.52. The molecule has 0 saturated carbocycles. The Balaban J connectivity index is 2.80. The fraction of sp³-hybridized carbons (Fsp3) is 0.500. The van der Waals surface area contributed by atoms with Crippen molar-refractivity contribution in [3.05, 3.63) is 22.3 Å². The van der Waals surface area contributed by atoms with Gasteiger partial charge in [-0.3, -0.25) is 0 Å². The maximum Gasteiger partial charge on any atom is 0.128 e. The molecule has 0 atom stereocenters. The van der Waals surface area contributed by atoms with Gasteiger partial charge in [0.25, 0.3) is 0 Å². The Morgan fingerprint density at radius 3 is 2.82 bits per heavy atom. The molecule has 1 aromatic rings. The summed E-state index contributed by atoms with van der Waals surface area (Å²) < 4.78 is 6.06. The summed E-state index contributed by atoms with van der Waals surface area (Å²) in [5.41, 5.74) is 0.946. The number of aromatic nitrogens is 1. The van der Waals surface area contributed by atoms with Gasteiger partial charge in [0.05, 0.1) is 24.8 Å². The second-order valence-electron chi connectivity index (χ2n) is 3.62. The van der Waals surface area contributed by atoms with Crippen LogP contribution in [0.15, 0.2) is 16.6 Å². The Kier molecular flexibility index (Phi) is 5.95. The molecule has 0 unspecified atom stereocenters. The zero-order valence-corrected chi connectivity index (χ0v) is 11.7. The Labute approximate surface area is 110 Å². The second kappa shape index (κ2) is 7.25. The van der Waals surface area contributed by atoms with Gasteiger partial charge < -0.3 is 9.64 Å². The summed E-state index contributed by atoms with van der Waals surface area (Å²) in [6.07, 6.45) is 0.487. The molecular weight excluding hydrogens is 282 g/mol. The molecule has 0 N–H and O–H groups in total. The van der Waals surface area contributed by atoms with E-state index < -0.39 is 0 Å². The molecule has 0 saturated heterocycles. The first-order valence-electron chi connectivity index (χ1n) is 5.43. The summed E-state index contributed by atoms with van der Waals surface area (Å²) in [6, 6.07) is 6.08. The lowest BCUT2D eigenvalue weighted by Crippen LogP contribution is -2.29. The molecular formula is C12H16BrN3O. The molecule has 0 spiro atoms. The van der Waals surface area contributed by atoms with E-state index in [1.54, 1.807) is 7.11 Å². The van der Waals surface area contributed by atoms with Gasteiger partial charge in [-0.05, 0) is 35.0 Å². The third-order valence-corrected chi connectivity index (χ3v) is 3.23. The molecule has 0 fully saturated rings. The molecule has 0 radical (unpaired) electrons. The van der Waals surface area contributed by atoms with Gasteiger partial charge in [-0.15, -0.1) is 0 Å². The van der Waals surface area contributed by atoms with Crippen LogP contribution in [-0.2, 0) is 4.74 Å². The Morgan fingerprint density at radius 1 is 1.47 bits per heavy atom. The first-order valence-corrected chi connectivity index (χ1v) is 6.22. The van der Waals surface area contributed by atoms with Gasteiger partial charge in [0.15, 0.2) is 0 Å². The average molecular weight is 298 g/mol. The van der Waals surface area contributed by atoms with E-state index in [1.807, 2.05) is 19.1 Å². The molecule has 1 rings (SSSR count). The quantitative estimate of drug-likeness (QED) is 0.809. The van der Waals surface area contributed by atoms with Crippen LogP contribution in [0.3, 0.4) is 0 Å². The summed E-state index contributed by atoms with van der Waals surface area (Å²) in [5.74, 6) is 0.887. The number of hydrogen-bond donors (Lipinski definition) is 0. The molecule has 4 nitrogen and oxygen atoms in total. The van der Waals surface area contributed by atoms with E-state index in [-0.39, 0.29) is 0 Å². The molecule has 0 amide bonds. The van der Waals surface area contributed by atoms with Gasteiger partial charge in [-0.2, -0.15) is 5.26 Å². The normalized spacial score (nSPS) is 10.0. The number of ether oxygens (including phenoxy) is 1. The SMILES string of the molecule is COCCN(CCC#N)c1ccc(Br)c(C)n1. The fourth-order valence-electron chi connectivity index (χ4n) is 1.43. The average Bonchev–Trinajstić information content (AvgIpc) is 2.33. The van der Waals surface area contributed by atoms with Crippen molar-refractivity contribution < 1.29 is 4.74 Å². The lowest BCUT2D eigenvalue weighted by atomic mass is 10.3. The highest BCUT2D eigenvalue weighted by Crippen LogP contribution is 2.19. The lowest BCUT2D eigenvalue weighted by molar-refractivity contribution is 0.205. The number of methoxy groups -OCH3 is 1. The standard InChI is InChI=1S/C12H16BrN3O/c1-10-11(13)4-5-12(15-10)16(7-3-6-14)8-9-17-2/h4-5H,3,7-9H2,1-2H3. The van der Waals surface area contributed by atoms with Crippen LogP contribution in [0.5, 0.6) is 0 Å². The zero-order chi connectivity index (χ0) is 12.7. The van der Waals surface area contributed by atoms with E-state index in [2.05, 4.69) is 31.9 Å². The third kappa shape index (κ3) is 4.33. The van der Waals surface area contributed by atoms with E-state index in [1.165, 1.54) is 0 Å². The predicted molar refractivity (Wildman–Crippen MR) is 71.0 cm³/mol. The minimum Gasteiger partial charge on any atom is -0.383 e. The van der Waals surface area contributed by atoms with Crippen LogP contribution < -0.4 is 4.90 Å². The van der Waals surface area contributed by atoms with Crippen molar-refractivity contribution in [3.8, 4) is 6.07 Å². The van der Waals surface area contributed by atoms with E-state index in [9.17, 15) is 0 Å². The highest BCUT2D eigenvalue weighted by Gasteiger charge is 2.08.